The summed E-state index contributed by atoms with van der Waals surface area (Å²) < 4.78 is 5.31. The number of aromatic nitrogens is 1. The molecule has 0 unspecified atom stereocenters. The van der Waals surface area contributed by atoms with Crippen LogP contribution < -0.4 is 20.7 Å². The molecule has 140 valence electrons. The summed E-state index contributed by atoms with van der Waals surface area (Å²) in [4.78, 5) is 11.3. The van der Waals surface area contributed by atoms with E-state index < -0.39 is 0 Å². The van der Waals surface area contributed by atoms with Crippen LogP contribution >= 0.6 is 24.0 Å². The first kappa shape index (κ1) is 20.3. The van der Waals surface area contributed by atoms with Crippen molar-refractivity contribution in [1.29, 1.82) is 0 Å². The van der Waals surface area contributed by atoms with Crippen LogP contribution in [0.25, 0.3) is 0 Å². The number of anilines is 2. The number of nitrogens with one attached hydrogen (secondary N) is 1. The summed E-state index contributed by atoms with van der Waals surface area (Å²) in [5, 5.41) is 3.09. The van der Waals surface area contributed by atoms with Crippen LogP contribution in [-0.2, 0) is 6.54 Å². The number of ether oxygens (including phenoxy) is 1. The quantitative estimate of drug-likeness (QED) is 0.399. The molecule has 6 nitrogen and oxygen atoms in total. The molecule has 0 radical (unpaired) electrons. The SMILES string of the molecule is COc1ccccc1NC(N)=NCc1ccnc(N2CCCCC2)c1.I. The molecule has 1 aliphatic rings. The molecular weight excluding hydrogens is 441 g/mol. The molecule has 0 aliphatic carbocycles. The number of methoxy groups -OCH3 is 1. The molecule has 1 aromatic carbocycles. The number of hydrogen-bond donors (Lipinski definition) is 2. The van der Waals surface area contributed by atoms with Crippen molar-refractivity contribution < 1.29 is 4.74 Å². The molecule has 2 heterocycles. The zero-order valence-corrected chi connectivity index (χ0v) is 17.3. The molecule has 1 fully saturated rings. The fourth-order valence-electron chi connectivity index (χ4n) is 2.96. The number of guanidine groups is 1. The van der Waals surface area contributed by atoms with E-state index in [9.17, 15) is 0 Å². The predicted octanol–water partition coefficient (Wildman–Crippen LogP) is 3.63. The van der Waals surface area contributed by atoms with E-state index in [1.807, 2.05) is 36.5 Å². The molecule has 1 saturated heterocycles. The van der Waals surface area contributed by atoms with Gasteiger partial charge in [-0.05, 0) is 49.1 Å². The molecule has 1 aromatic heterocycles. The Bertz CT molecular complexity index is 731. The summed E-state index contributed by atoms with van der Waals surface area (Å²) in [7, 11) is 1.63. The maximum Gasteiger partial charge on any atom is 0.193 e. The summed E-state index contributed by atoms with van der Waals surface area (Å²) in [6, 6.07) is 11.7. The van der Waals surface area contributed by atoms with Crippen molar-refractivity contribution in [2.24, 2.45) is 10.7 Å². The van der Waals surface area contributed by atoms with Crippen molar-refractivity contribution in [2.75, 3.05) is 30.4 Å². The van der Waals surface area contributed by atoms with Gasteiger partial charge in [0.05, 0.1) is 19.3 Å². The van der Waals surface area contributed by atoms with Gasteiger partial charge in [-0.25, -0.2) is 9.98 Å². The maximum atomic E-state index is 6.02. The highest BCUT2D eigenvalue weighted by Crippen LogP contribution is 2.23. The van der Waals surface area contributed by atoms with Crippen molar-refractivity contribution in [2.45, 2.75) is 25.8 Å². The summed E-state index contributed by atoms with van der Waals surface area (Å²) in [6.07, 6.45) is 5.63. The number of halogens is 1. The van der Waals surface area contributed by atoms with E-state index in [2.05, 4.69) is 26.3 Å². The Morgan fingerprint density at radius 2 is 2.00 bits per heavy atom. The highest BCUT2D eigenvalue weighted by molar-refractivity contribution is 14.0. The number of para-hydroxylation sites is 2. The standard InChI is InChI=1S/C19H25N5O.HI/c1-25-17-8-4-3-7-16(17)23-19(20)22-14-15-9-10-21-18(13-15)24-11-5-2-6-12-24;/h3-4,7-10,13H,2,5-6,11-12,14H2,1H3,(H3,20,22,23);1H. The lowest BCUT2D eigenvalue weighted by atomic mass is 10.1. The highest BCUT2D eigenvalue weighted by Gasteiger charge is 2.12. The van der Waals surface area contributed by atoms with Crippen LogP contribution in [0.1, 0.15) is 24.8 Å². The van der Waals surface area contributed by atoms with Crippen LogP contribution in [0, 0.1) is 0 Å². The Morgan fingerprint density at radius 3 is 2.77 bits per heavy atom. The van der Waals surface area contributed by atoms with E-state index in [1.165, 1.54) is 19.3 Å². The monoisotopic (exact) mass is 467 g/mol. The Labute approximate surface area is 171 Å². The molecule has 3 N–H and O–H groups in total. The van der Waals surface area contributed by atoms with E-state index in [4.69, 9.17) is 10.5 Å². The first-order valence-corrected chi connectivity index (χ1v) is 8.66. The third-order valence-electron chi connectivity index (χ3n) is 4.29. The van der Waals surface area contributed by atoms with Gasteiger partial charge < -0.3 is 20.7 Å². The second-order valence-corrected chi connectivity index (χ2v) is 6.10. The Balaban J connectivity index is 0.00000243. The van der Waals surface area contributed by atoms with Crippen molar-refractivity contribution in [3.05, 3.63) is 48.2 Å². The van der Waals surface area contributed by atoms with Crippen LogP contribution in [0.2, 0.25) is 0 Å². The predicted molar refractivity (Wildman–Crippen MR) is 118 cm³/mol. The van der Waals surface area contributed by atoms with Crippen molar-refractivity contribution in [3.8, 4) is 5.75 Å². The number of hydrogen-bond acceptors (Lipinski definition) is 4. The Kier molecular flexibility index (Phi) is 7.96. The largest absolute Gasteiger partial charge is 0.495 e. The average molecular weight is 467 g/mol. The van der Waals surface area contributed by atoms with Crippen LogP contribution in [0.5, 0.6) is 5.75 Å². The molecule has 0 atom stereocenters. The number of benzene rings is 1. The lowest BCUT2D eigenvalue weighted by Crippen LogP contribution is -2.30. The van der Waals surface area contributed by atoms with Crippen molar-refractivity contribution in [3.63, 3.8) is 0 Å². The molecular formula is C19H26IN5O. The van der Waals surface area contributed by atoms with Gasteiger partial charge in [-0.3, -0.25) is 0 Å². The minimum atomic E-state index is 0. The van der Waals surface area contributed by atoms with Crippen molar-refractivity contribution in [1.82, 2.24) is 4.98 Å². The van der Waals surface area contributed by atoms with Gasteiger partial charge in [0.1, 0.15) is 11.6 Å². The second-order valence-electron chi connectivity index (χ2n) is 6.10. The van der Waals surface area contributed by atoms with Gasteiger partial charge in [-0.15, -0.1) is 24.0 Å². The maximum absolute atomic E-state index is 6.02. The topological polar surface area (TPSA) is 75.8 Å². The zero-order valence-electron chi connectivity index (χ0n) is 15.0. The summed E-state index contributed by atoms with van der Waals surface area (Å²) in [6.45, 7) is 2.67. The third-order valence-corrected chi connectivity index (χ3v) is 4.29. The molecule has 3 rings (SSSR count). The van der Waals surface area contributed by atoms with E-state index in [0.717, 1.165) is 35.9 Å². The van der Waals surface area contributed by atoms with E-state index in [-0.39, 0.29) is 24.0 Å². The number of aliphatic imine (C=N–C) groups is 1. The van der Waals surface area contributed by atoms with Gasteiger partial charge in [-0.2, -0.15) is 0 Å². The van der Waals surface area contributed by atoms with Gasteiger partial charge in [-0.1, -0.05) is 12.1 Å². The van der Waals surface area contributed by atoms with Gasteiger partial charge in [0.25, 0.3) is 0 Å². The summed E-state index contributed by atoms with van der Waals surface area (Å²) >= 11 is 0. The van der Waals surface area contributed by atoms with Crippen LogP contribution in [0.15, 0.2) is 47.6 Å². The molecule has 0 amide bonds. The van der Waals surface area contributed by atoms with Gasteiger partial charge in [0.15, 0.2) is 5.96 Å². The average Bonchev–Trinajstić information content (AvgIpc) is 2.68. The lowest BCUT2D eigenvalue weighted by molar-refractivity contribution is 0.417. The number of nitrogens with zero attached hydrogens (tertiary/aromatic N) is 3. The zero-order chi connectivity index (χ0) is 17.5. The molecule has 0 saturated carbocycles. The first-order chi connectivity index (χ1) is 12.3. The van der Waals surface area contributed by atoms with Gasteiger partial charge in [0.2, 0.25) is 0 Å². The summed E-state index contributed by atoms with van der Waals surface area (Å²) in [5.74, 6) is 2.13. The Hall–Kier alpha value is -2.03. The molecule has 26 heavy (non-hydrogen) atoms. The lowest BCUT2D eigenvalue weighted by Gasteiger charge is -2.27. The van der Waals surface area contributed by atoms with Crippen LogP contribution in [0.4, 0.5) is 11.5 Å². The molecule has 0 spiro atoms. The van der Waals surface area contributed by atoms with Gasteiger partial charge >= 0.3 is 0 Å². The fourth-order valence-corrected chi connectivity index (χ4v) is 2.96. The van der Waals surface area contributed by atoms with Crippen molar-refractivity contribution >= 4 is 41.4 Å². The Morgan fingerprint density at radius 1 is 1.23 bits per heavy atom. The molecule has 2 aromatic rings. The highest BCUT2D eigenvalue weighted by atomic mass is 127. The normalized spacial score (nSPS) is 14.5. The van der Waals surface area contributed by atoms with Crippen LogP contribution in [-0.4, -0.2) is 31.1 Å². The first-order valence-electron chi connectivity index (χ1n) is 8.66. The second kappa shape index (κ2) is 10.2. The number of nitrogens with two attached hydrogens (primary N) is 1. The molecule has 1 aliphatic heterocycles. The minimum absolute atomic E-state index is 0. The smallest absolute Gasteiger partial charge is 0.193 e. The van der Waals surface area contributed by atoms with E-state index in [1.54, 1.807) is 7.11 Å². The molecule has 0 bridgehead atoms. The van der Waals surface area contributed by atoms with Gasteiger partial charge in [0, 0.05) is 19.3 Å². The third kappa shape index (κ3) is 5.48. The van der Waals surface area contributed by atoms with E-state index >= 15 is 0 Å². The molecule has 7 heteroatoms. The summed E-state index contributed by atoms with van der Waals surface area (Å²) in [5.41, 5.74) is 7.91. The number of pyridine rings is 1. The minimum Gasteiger partial charge on any atom is -0.495 e. The number of rotatable bonds is 5. The fraction of sp³-hybridized carbons (Fsp3) is 0.368. The number of piperidine rings is 1. The van der Waals surface area contributed by atoms with Crippen LogP contribution in [0.3, 0.4) is 0 Å². The van der Waals surface area contributed by atoms with E-state index in [0.29, 0.717) is 12.5 Å².